The summed E-state index contributed by atoms with van der Waals surface area (Å²) < 4.78 is 28.0. The molecule has 1 aromatic carbocycles. The molecular formula is C24H26N4O6P+. The van der Waals surface area contributed by atoms with Crippen molar-refractivity contribution < 1.29 is 32.7 Å². The van der Waals surface area contributed by atoms with E-state index in [9.17, 15) is 4.57 Å². The monoisotopic (exact) mass is 497 g/mol. The number of ether oxygens (including phenoxy) is 1. The third kappa shape index (κ3) is 7.21. The zero-order chi connectivity index (χ0) is 24.7. The maximum absolute atomic E-state index is 11.0. The van der Waals surface area contributed by atoms with Gasteiger partial charge in [0.25, 0.3) is 5.82 Å². The van der Waals surface area contributed by atoms with Gasteiger partial charge in [-0.25, -0.2) is 18.6 Å². The van der Waals surface area contributed by atoms with Crippen molar-refractivity contribution in [2.24, 2.45) is 0 Å². The highest BCUT2D eigenvalue weighted by atomic mass is 31.2. The average Bonchev–Trinajstić information content (AvgIpc) is 3.30. The second-order valence-corrected chi connectivity index (χ2v) is 9.07. The summed E-state index contributed by atoms with van der Waals surface area (Å²) in [5.74, 6) is 1.22. The Morgan fingerprint density at radius 1 is 1.06 bits per heavy atom. The Bertz CT molecular complexity index is 1290. The van der Waals surface area contributed by atoms with Crippen LogP contribution >= 0.6 is 7.82 Å². The first-order valence-corrected chi connectivity index (χ1v) is 12.5. The molecule has 0 saturated carbocycles. The molecule has 4 aromatic rings. The van der Waals surface area contributed by atoms with Gasteiger partial charge in [0.15, 0.2) is 5.76 Å². The molecule has 0 amide bonds. The van der Waals surface area contributed by atoms with Gasteiger partial charge >= 0.3 is 7.82 Å². The van der Waals surface area contributed by atoms with E-state index in [2.05, 4.69) is 26.8 Å². The van der Waals surface area contributed by atoms with E-state index >= 15 is 0 Å². The van der Waals surface area contributed by atoms with Gasteiger partial charge in [0.1, 0.15) is 5.56 Å². The highest BCUT2D eigenvalue weighted by Gasteiger charge is 2.20. The minimum atomic E-state index is -4.62. The molecule has 11 heteroatoms. The number of phosphoric ester groups is 1. The Hall–Kier alpha value is -3.56. The number of nitrogens with zero attached hydrogens (tertiary/aromatic N) is 3. The summed E-state index contributed by atoms with van der Waals surface area (Å²) in [6.07, 6.45) is 5.64. The van der Waals surface area contributed by atoms with E-state index in [0.29, 0.717) is 35.9 Å². The minimum absolute atomic E-state index is 0.221. The predicted molar refractivity (Wildman–Crippen MR) is 127 cm³/mol. The molecule has 0 aliphatic carbocycles. The number of nitrogen functional groups attached to an aromatic ring is 1. The Balaban J connectivity index is 1.32. The normalized spacial score (nSPS) is 11.5. The fourth-order valence-corrected chi connectivity index (χ4v) is 3.73. The highest BCUT2D eigenvalue weighted by molar-refractivity contribution is 7.46. The van der Waals surface area contributed by atoms with Crippen LogP contribution in [0.1, 0.15) is 23.2 Å². The first-order valence-electron chi connectivity index (χ1n) is 10.9. The second kappa shape index (κ2) is 11.2. The van der Waals surface area contributed by atoms with Crippen LogP contribution in [-0.4, -0.2) is 26.5 Å². The molecule has 0 aliphatic rings. The van der Waals surface area contributed by atoms with Crippen LogP contribution in [0, 0.1) is 0 Å². The number of aromatic nitrogens is 3. The number of rotatable bonds is 11. The molecule has 35 heavy (non-hydrogen) atoms. The summed E-state index contributed by atoms with van der Waals surface area (Å²) in [6, 6.07) is 19.2. The molecule has 4 N–H and O–H groups in total. The van der Waals surface area contributed by atoms with Crippen LogP contribution in [0.3, 0.4) is 0 Å². The molecule has 10 nitrogen and oxygen atoms in total. The number of pyridine rings is 2. The molecule has 0 aliphatic heterocycles. The number of nitrogens with two attached hydrogens (primary N) is 1. The van der Waals surface area contributed by atoms with E-state index in [4.69, 9.17) is 24.8 Å². The molecule has 0 unspecified atom stereocenters. The van der Waals surface area contributed by atoms with Crippen molar-refractivity contribution in [2.75, 3.05) is 12.3 Å². The lowest BCUT2D eigenvalue weighted by atomic mass is 10.1. The van der Waals surface area contributed by atoms with Crippen molar-refractivity contribution in [3.63, 3.8) is 0 Å². The Labute approximate surface area is 202 Å². The van der Waals surface area contributed by atoms with E-state index in [0.717, 1.165) is 18.4 Å². The minimum Gasteiger partial charge on any atom is -0.478 e. The molecule has 0 radical (unpaired) electrons. The third-order valence-electron chi connectivity index (χ3n) is 5.19. The quantitative estimate of drug-likeness (QED) is 0.161. The van der Waals surface area contributed by atoms with Crippen LogP contribution < -0.4 is 15.0 Å². The first kappa shape index (κ1) is 24.6. The van der Waals surface area contributed by atoms with Crippen LogP contribution in [-0.2, 0) is 28.7 Å². The lowest BCUT2D eigenvalue weighted by Gasteiger charge is -2.07. The van der Waals surface area contributed by atoms with Gasteiger partial charge in [-0.1, -0.05) is 41.6 Å². The molecule has 0 fully saturated rings. The van der Waals surface area contributed by atoms with E-state index in [1.165, 1.54) is 10.1 Å². The summed E-state index contributed by atoms with van der Waals surface area (Å²) in [6.45, 7) is 0.183. The van der Waals surface area contributed by atoms with Gasteiger partial charge in [0, 0.05) is 24.8 Å². The van der Waals surface area contributed by atoms with Gasteiger partial charge in [0.2, 0.25) is 12.6 Å². The maximum atomic E-state index is 11.0. The number of aryl methyl sites for hydroxylation is 1. The number of hydrogen-bond acceptors (Lipinski definition) is 7. The lowest BCUT2D eigenvalue weighted by molar-refractivity contribution is -0.711. The van der Waals surface area contributed by atoms with Crippen molar-refractivity contribution >= 4 is 13.6 Å². The van der Waals surface area contributed by atoms with E-state index in [1.54, 1.807) is 30.6 Å². The summed E-state index contributed by atoms with van der Waals surface area (Å²) in [5.41, 5.74) is 9.55. The van der Waals surface area contributed by atoms with Crippen LogP contribution in [0.4, 0.5) is 5.82 Å². The average molecular weight is 497 g/mol. The van der Waals surface area contributed by atoms with Gasteiger partial charge in [-0.15, -0.1) is 0 Å². The number of phosphoric acid groups is 1. The van der Waals surface area contributed by atoms with Crippen molar-refractivity contribution in [1.82, 2.24) is 10.1 Å². The van der Waals surface area contributed by atoms with Gasteiger partial charge in [0.05, 0.1) is 18.5 Å². The fraction of sp³-hybridized carbons (Fsp3) is 0.208. The van der Waals surface area contributed by atoms with Gasteiger partial charge in [-0.2, -0.15) is 0 Å². The fourth-order valence-electron chi connectivity index (χ4n) is 3.45. The van der Waals surface area contributed by atoms with Gasteiger partial charge in [-0.3, -0.25) is 5.73 Å². The van der Waals surface area contributed by atoms with Crippen LogP contribution in [0.2, 0.25) is 0 Å². The largest absolute Gasteiger partial charge is 0.478 e. The molecule has 3 aromatic heterocycles. The number of benzene rings is 1. The lowest BCUT2D eigenvalue weighted by Crippen LogP contribution is -2.38. The Morgan fingerprint density at radius 3 is 2.63 bits per heavy atom. The second-order valence-electron chi connectivity index (χ2n) is 7.83. The van der Waals surface area contributed by atoms with Crippen molar-refractivity contribution in [2.45, 2.75) is 26.0 Å². The molecule has 182 valence electrons. The topological polar surface area (TPSA) is 145 Å². The Morgan fingerprint density at radius 2 is 1.89 bits per heavy atom. The Kier molecular flexibility index (Phi) is 7.89. The third-order valence-corrected chi connectivity index (χ3v) is 5.64. The predicted octanol–water partition coefficient (Wildman–Crippen LogP) is 3.28. The number of hydrogen-bond donors (Lipinski definition) is 3. The zero-order valence-corrected chi connectivity index (χ0v) is 19.8. The number of anilines is 1. The van der Waals surface area contributed by atoms with Crippen LogP contribution in [0.5, 0.6) is 5.88 Å². The standard InChI is InChI=1S/C24H25N4O6P/c25-24-21(9-4-12-28(24)17-33-35(29,30)31)22-15-20(27-34-22)14-19-10-11-23(26-16-19)32-13-5-8-18-6-2-1-3-7-18/h1-4,6-7,9-12,15-16,25H,5,8,13-14,17H2,(H2,29,30,31)/p+1. The van der Waals surface area contributed by atoms with E-state index in [-0.39, 0.29) is 5.82 Å². The maximum Gasteiger partial charge on any atom is 0.472 e. The van der Waals surface area contributed by atoms with Crippen molar-refractivity contribution in [1.29, 1.82) is 0 Å². The van der Waals surface area contributed by atoms with Crippen LogP contribution in [0.15, 0.2) is 77.6 Å². The van der Waals surface area contributed by atoms with E-state index in [1.807, 2.05) is 30.3 Å². The summed E-state index contributed by atoms with van der Waals surface area (Å²) in [4.78, 5) is 22.2. The molecular weight excluding hydrogens is 471 g/mol. The summed E-state index contributed by atoms with van der Waals surface area (Å²) >= 11 is 0. The highest BCUT2D eigenvalue weighted by Crippen LogP contribution is 2.35. The molecule has 0 spiro atoms. The molecule has 0 saturated heterocycles. The molecule has 4 rings (SSSR count). The summed E-state index contributed by atoms with van der Waals surface area (Å²) in [7, 11) is -4.62. The van der Waals surface area contributed by atoms with Crippen LogP contribution in [0.25, 0.3) is 11.3 Å². The molecule has 3 heterocycles. The van der Waals surface area contributed by atoms with Gasteiger partial charge < -0.3 is 19.0 Å². The molecule has 0 atom stereocenters. The summed E-state index contributed by atoms with van der Waals surface area (Å²) in [5, 5.41) is 4.10. The molecule has 0 bridgehead atoms. The van der Waals surface area contributed by atoms with Crippen molar-refractivity contribution in [3.05, 3.63) is 89.9 Å². The zero-order valence-electron chi connectivity index (χ0n) is 18.9. The van der Waals surface area contributed by atoms with E-state index < -0.39 is 14.6 Å². The smallest absolute Gasteiger partial charge is 0.472 e. The first-order chi connectivity index (χ1) is 16.9. The SMILES string of the molecule is Nc1c(-c2cc(Cc3ccc(OCCCc4ccccc4)nc3)no2)ccc[n+]1COP(=O)(O)O. The van der Waals surface area contributed by atoms with Gasteiger partial charge in [-0.05, 0) is 36.1 Å². The van der Waals surface area contributed by atoms with Crippen molar-refractivity contribution in [3.8, 4) is 17.2 Å².